The summed E-state index contributed by atoms with van der Waals surface area (Å²) in [7, 11) is 1.51. The van der Waals surface area contributed by atoms with Crippen LogP contribution in [0.5, 0.6) is 5.75 Å². The smallest absolute Gasteiger partial charge is 0.410 e. The van der Waals surface area contributed by atoms with Crippen molar-refractivity contribution in [1.29, 1.82) is 0 Å². The summed E-state index contributed by atoms with van der Waals surface area (Å²) in [4.78, 5) is 70.2. The van der Waals surface area contributed by atoms with E-state index in [1.165, 1.54) is 16.8 Å². The van der Waals surface area contributed by atoms with Gasteiger partial charge in [0, 0.05) is 25.6 Å². The Balaban J connectivity index is 1.28. The van der Waals surface area contributed by atoms with Crippen molar-refractivity contribution >= 4 is 35.4 Å². The summed E-state index contributed by atoms with van der Waals surface area (Å²) < 4.78 is 39.2. The van der Waals surface area contributed by atoms with Crippen molar-refractivity contribution in [3.8, 4) is 5.75 Å². The first-order chi connectivity index (χ1) is 20.0. The minimum absolute atomic E-state index is 0.177. The number of cyclic esters (lactones) is 1. The number of halogens is 2. The van der Waals surface area contributed by atoms with E-state index in [9.17, 15) is 32.8 Å². The molecule has 12 nitrogen and oxygen atoms in total. The van der Waals surface area contributed by atoms with Gasteiger partial charge >= 0.3 is 6.09 Å². The van der Waals surface area contributed by atoms with E-state index in [0.29, 0.717) is 24.8 Å². The second-order valence-electron chi connectivity index (χ2n) is 12.0. The summed E-state index contributed by atoms with van der Waals surface area (Å²) in [5.74, 6) is -4.44. The molecule has 42 heavy (non-hydrogen) atoms. The highest BCUT2D eigenvalue weighted by molar-refractivity contribution is 6.03. The van der Waals surface area contributed by atoms with Crippen LogP contribution in [0.3, 0.4) is 0 Å². The molecule has 2 unspecified atom stereocenters. The number of nitrogens with zero attached hydrogens (tertiary/aromatic N) is 3. The predicted molar refractivity (Wildman–Crippen MR) is 141 cm³/mol. The molecule has 4 atom stereocenters. The number of nitrogens with one attached hydrogen (secondary N) is 1. The van der Waals surface area contributed by atoms with Crippen molar-refractivity contribution < 1.29 is 42.2 Å². The fraction of sp³-hybridized carbons (Fsp3) is 0.607. The van der Waals surface area contributed by atoms with Gasteiger partial charge in [0.1, 0.15) is 36.2 Å². The van der Waals surface area contributed by atoms with E-state index in [-0.39, 0.29) is 36.9 Å². The van der Waals surface area contributed by atoms with E-state index >= 15 is 0 Å². The number of amides is 5. The maximum Gasteiger partial charge on any atom is 0.410 e. The topological polar surface area (TPSA) is 152 Å². The molecule has 0 bridgehead atoms. The van der Waals surface area contributed by atoms with E-state index in [1.54, 1.807) is 0 Å². The minimum atomic E-state index is -1.83. The van der Waals surface area contributed by atoms with Crippen LogP contribution in [0.2, 0.25) is 0 Å². The van der Waals surface area contributed by atoms with Crippen molar-refractivity contribution in [2.24, 2.45) is 17.6 Å². The first kappa shape index (κ1) is 28.2. The average molecular weight is 590 g/mol. The van der Waals surface area contributed by atoms with Gasteiger partial charge < -0.3 is 30.3 Å². The lowest BCUT2D eigenvalue weighted by Gasteiger charge is -2.37. The predicted octanol–water partition coefficient (Wildman–Crippen LogP) is 1.37. The van der Waals surface area contributed by atoms with Crippen molar-refractivity contribution in [3.05, 3.63) is 23.8 Å². The minimum Gasteiger partial charge on any atom is -0.473 e. The molecule has 3 heterocycles. The monoisotopic (exact) mass is 589 g/mol. The molecule has 226 valence electrons. The Morgan fingerprint density at radius 1 is 1.14 bits per heavy atom. The fourth-order valence-corrected chi connectivity index (χ4v) is 6.23. The highest BCUT2D eigenvalue weighted by atomic mass is 19.1. The molecule has 3 aliphatic heterocycles. The molecular formula is C28H33F2N5O7. The number of carbonyl (C=O) groups excluding carboxylic acids is 5. The molecule has 5 amide bonds. The maximum absolute atomic E-state index is 14.3. The van der Waals surface area contributed by atoms with Crippen molar-refractivity contribution in [2.45, 2.75) is 68.7 Å². The number of anilines is 1. The Kier molecular flexibility index (Phi) is 6.97. The molecule has 3 N–H and O–H groups in total. The normalized spacial score (nSPS) is 26.3. The number of hydrogen-bond acceptors (Lipinski definition) is 7. The summed E-state index contributed by atoms with van der Waals surface area (Å²) in [6.45, 7) is 0.0249. The molecule has 2 saturated heterocycles. The van der Waals surface area contributed by atoms with Crippen LogP contribution >= 0.6 is 0 Å². The van der Waals surface area contributed by atoms with Crippen LogP contribution in [0.1, 0.15) is 44.9 Å². The lowest BCUT2D eigenvalue weighted by atomic mass is 9.96. The molecule has 6 rings (SSSR count). The van der Waals surface area contributed by atoms with Gasteiger partial charge in [-0.1, -0.05) is 25.7 Å². The van der Waals surface area contributed by atoms with Crippen LogP contribution in [-0.4, -0.2) is 94.9 Å². The van der Waals surface area contributed by atoms with Gasteiger partial charge in [-0.3, -0.25) is 24.1 Å². The molecule has 5 aliphatic rings. The molecule has 0 radical (unpaired) electrons. The van der Waals surface area contributed by atoms with Crippen LogP contribution in [-0.2, 0) is 23.9 Å². The number of benzene rings is 1. The second kappa shape index (κ2) is 10.4. The number of carbonyl (C=O) groups is 5. The Morgan fingerprint density at radius 3 is 2.45 bits per heavy atom. The molecule has 0 aromatic heterocycles. The number of rotatable bonds is 9. The lowest BCUT2D eigenvalue weighted by Crippen LogP contribution is -2.58. The largest absolute Gasteiger partial charge is 0.473 e. The average Bonchev–Trinajstić information content (AvgIpc) is 3.86. The lowest BCUT2D eigenvalue weighted by molar-refractivity contribution is -0.149. The van der Waals surface area contributed by atoms with E-state index in [4.69, 9.17) is 15.2 Å². The molecular weight excluding hydrogens is 556 g/mol. The van der Waals surface area contributed by atoms with Crippen molar-refractivity contribution in [3.63, 3.8) is 0 Å². The number of primary amides is 1. The zero-order valence-electron chi connectivity index (χ0n) is 23.1. The Bertz CT molecular complexity index is 1350. The summed E-state index contributed by atoms with van der Waals surface area (Å²) >= 11 is 0. The van der Waals surface area contributed by atoms with Crippen molar-refractivity contribution in [2.75, 3.05) is 32.1 Å². The molecule has 4 fully saturated rings. The summed E-state index contributed by atoms with van der Waals surface area (Å²) in [6.07, 6.45) is 3.53. The summed E-state index contributed by atoms with van der Waals surface area (Å²) in [5, 5.41) is 2.38. The second-order valence-corrected chi connectivity index (χ2v) is 12.0. The Labute approximate surface area is 240 Å². The quantitative estimate of drug-likeness (QED) is 0.442. The number of nitrogens with two attached hydrogens (primary N) is 1. The van der Waals surface area contributed by atoms with Gasteiger partial charge in [-0.2, -0.15) is 0 Å². The van der Waals surface area contributed by atoms with Gasteiger partial charge in [-0.25, -0.2) is 13.6 Å². The molecule has 2 saturated carbocycles. The molecule has 1 aromatic carbocycles. The van der Waals surface area contributed by atoms with E-state index in [2.05, 4.69) is 5.32 Å². The van der Waals surface area contributed by atoms with Gasteiger partial charge in [-0.15, -0.1) is 0 Å². The van der Waals surface area contributed by atoms with Crippen LogP contribution in [0.25, 0.3) is 0 Å². The van der Waals surface area contributed by atoms with Crippen LogP contribution < -0.4 is 15.8 Å². The van der Waals surface area contributed by atoms with Crippen LogP contribution in [0, 0.1) is 23.5 Å². The summed E-state index contributed by atoms with van der Waals surface area (Å²) in [6, 6.07) is -1.56. The first-order valence-electron chi connectivity index (χ1n) is 14.3. The SMILES string of the molecule is CN(C(=O)C(CC1CC1)N1CCOC1=O)C(CC1CC1)C(=O)N1C[C@@]2(C[C@H]1C(N)=O)Oc1cc(F)cc(F)c1NC2=O. The van der Waals surface area contributed by atoms with Gasteiger partial charge in [-0.05, 0) is 24.7 Å². The zero-order chi connectivity index (χ0) is 29.9. The highest BCUT2D eigenvalue weighted by Crippen LogP contribution is 2.43. The summed E-state index contributed by atoms with van der Waals surface area (Å²) in [5.41, 5.74) is 3.51. The van der Waals surface area contributed by atoms with E-state index < -0.39 is 71.6 Å². The zero-order valence-corrected chi connectivity index (χ0v) is 23.1. The van der Waals surface area contributed by atoms with Gasteiger partial charge in [0.2, 0.25) is 23.3 Å². The third-order valence-corrected chi connectivity index (χ3v) is 8.97. The number of likely N-dealkylation sites (tertiary alicyclic amines) is 1. The van der Waals surface area contributed by atoms with E-state index in [1.807, 2.05) is 0 Å². The molecule has 2 aliphatic carbocycles. The highest BCUT2D eigenvalue weighted by Gasteiger charge is 2.58. The van der Waals surface area contributed by atoms with E-state index in [0.717, 1.165) is 36.6 Å². The molecule has 1 spiro atoms. The third-order valence-electron chi connectivity index (χ3n) is 8.97. The first-order valence-corrected chi connectivity index (χ1v) is 14.3. The fourth-order valence-electron chi connectivity index (χ4n) is 6.23. The standard InChI is InChI=1S/C28H33F2N5O7/c1-33(24(37)19(9-15-4-5-15)34-6-7-41-27(34)40)18(8-14-2-3-14)25(38)35-13-28(12-20(35)23(31)36)26(39)32-22-17(30)10-16(29)11-21(22)42-28/h10-11,14-15,18-20H,2-9,12-13H2,1H3,(H2,31,36)(H,32,39)/t18?,19?,20-,28+/m0/s1. The van der Waals surface area contributed by atoms with Crippen molar-refractivity contribution in [1.82, 2.24) is 14.7 Å². The number of fused-ring (bicyclic) bond motifs is 1. The molecule has 14 heteroatoms. The number of hydrogen-bond donors (Lipinski definition) is 2. The maximum atomic E-state index is 14.3. The van der Waals surface area contributed by atoms with Gasteiger partial charge in [0.25, 0.3) is 5.91 Å². The molecule has 1 aromatic rings. The number of likely N-dealkylation sites (N-methyl/N-ethyl adjacent to an activating group) is 1. The van der Waals surface area contributed by atoms with Gasteiger partial charge in [0.15, 0.2) is 11.6 Å². The van der Waals surface area contributed by atoms with Crippen LogP contribution in [0.15, 0.2) is 12.1 Å². The Morgan fingerprint density at radius 2 is 1.83 bits per heavy atom. The van der Waals surface area contributed by atoms with Crippen LogP contribution in [0.4, 0.5) is 19.3 Å². The van der Waals surface area contributed by atoms with Gasteiger partial charge in [0.05, 0.1) is 13.1 Å². The third kappa shape index (κ3) is 5.11. The Hall–Kier alpha value is -3.97. The number of ether oxygens (including phenoxy) is 2.